The first-order valence-electron chi connectivity index (χ1n) is 10.4. The molecule has 9 nitrogen and oxygen atoms in total. The maximum atomic E-state index is 13.3. The summed E-state index contributed by atoms with van der Waals surface area (Å²) in [5, 5.41) is 0. The second-order valence-corrected chi connectivity index (χ2v) is 7.67. The van der Waals surface area contributed by atoms with Gasteiger partial charge in [-0.3, -0.25) is 0 Å². The van der Waals surface area contributed by atoms with E-state index in [-0.39, 0.29) is 17.8 Å². The molecule has 0 saturated heterocycles. The van der Waals surface area contributed by atoms with Gasteiger partial charge in [0.2, 0.25) is 0 Å². The molecule has 2 aromatic carbocycles. The Bertz CT molecular complexity index is 1180. The normalized spacial score (nSPS) is 20.1. The van der Waals surface area contributed by atoms with Crippen molar-refractivity contribution < 1.29 is 42.7 Å². The maximum absolute atomic E-state index is 13.3. The van der Waals surface area contributed by atoms with E-state index < -0.39 is 23.6 Å². The highest BCUT2D eigenvalue weighted by Crippen LogP contribution is 2.65. The van der Waals surface area contributed by atoms with Crippen LogP contribution in [0.25, 0.3) is 0 Å². The molecule has 34 heavy (non-hydrogen) atoms. The van der Waals surface area contributed by atoms with Crippen molar-refractivity contribution in [3.63, 3.8) is 0 Å². The third kappa shape index (κ3) is 3.15. The zero-order valence-corrected chi connectivity index (χ0v) is 19.8. The molecule has 2 aliphatic heterocycles. The first-order valence-corrected chi connectivity index (χ1v) is 10.4. The standard InChI is InChI=1S/C25H26O9/c1-28-12-13-10-14(29-2)11-17(31-4)20(13)25-15-8-7-9-16(30-3)18(15)22(34-25)19(23(26)32-5)21(25)24(27)33-6/h7-11,22H,12H2,1-6H3/t22-,25-/m1/s1. The summed E-state index contributed by atoms with van der Waals surface area (Å²) in [6.07, 6.45) is -0.921. The van der Waals surface area contributed by atoms with Crippen molar-refractivity contribution >= 4 is 11.9 Å². The van der Waals surface area contributed by atoms with Gasteiger partial charge in [0.1, 0.15) is 23.4 Å². The summed E-state index contributed by atoms with van der Waals surface area (Å²) in [4.78, 5) is 26.3. The lowest BCUT2D eigenvalue weighted by molar-refractivity contribution is -0.139. The second-order valence-electron chi connectivity index (χ2n) is 7.67. The topological polar surface area (TPSA) is 98.8 Å². The fourth-order valence-corrected chi connectivity index (χ4v) is 4.90. The molecule has 2 aromatic rings. The Morgan fingerprint density at radius 3 is 2.21 bits per heavy atom. The number of hydrogen-bond donors (Lipinski definition) is 0. The van der Waals surface area contributed by atoms with Crippen LogP contribution in [0.15, 0.2) is 41.5 Å². The molecule has 2 bridgehead atoms. The third-order valence-corrected chi connectivity index (χ3v) is 6.17. The summed E-state index contributed by atoms with van der Waals surface area (Å²) in [5.41, 5.74) is 0.914. The minimum atomic E-state index is -1.55. The summed E-state index contributed by atoms with van der Waals surface area (Å²) in [6, 6.07) is 8.85. The number of esters is 2. The highest BCUT2D eigenvalue weighted by molar-refractivity contribution is 6.06. The van der Waals surface area contributed by atoms with E-state index in [1.807, 2.05) is 6.07 Å². The van der Waals surface area contributed by atoms with Gasteiger partial charge in [0.25, 0.3) is 0 Å². The number of carbonyl (C=O) groups is 2. The first kappa shape index (κ1) is 23.6. The summed E-state index contributed by atoms with van der Waals surface area (Å²) in [7, 11) is 8.61. The van der Waals surface area contributed by atoms with E-state index in [1.165, 1.54) is 35.5 Å². The highest BCUT2D eigenvalue weighted by Gasteiger charge is 2.64. The molecule has 180 valence electrons. The van der Waals surface area contributed by atoms with Gasteiger partial charge in [-0.1, -0.05) is 12.1 Å². The molecule has 0 spiro atoms. The van der Waals surface area contributed by atoms with Gasteiger partial charge in [-0.15, -0.1) is 0 Å². The van der Waals surface area contributed by atoms with Crippen molar-refractivity contribution in [2.45, 2.75) is 18.3 Å². The van der Waals surface area contributed by atoms with Crippen molar-refractivity contribution in [2.24, 2.45) is 0 Å². The number of carbonyl (C=O) groups excluding carboxylic acids is 2. The maximum Gasteiger partial charge on any atom is 0.338 e. The van der Waals surface area contributed by atoms with Crippen molar-refractivity contribution in [3.8, 4) is 17.2 Å². The molecule has 0 N–H and O–H groups in total. The van der Waals surface area contributed by atoms with Gasteiger partial charge in [0.15, 0.2) is 5.60 Å². The predicted molar refractivity (Wildman–Crippen MR) is 119 cm³/mol. The second kappa shape index (κ2) is 9.00. The SMILES string of the molecule is COCc1cc(OC)cc(OC)c1[C@@]12O[C@@H](C(C(=O)OC)=C1C(=O)OC)c1c(OC)cccc12. The molecule has 0 aromatic heterocycles. The molecule has 0 unspecified atom stereocenters. The minimum absolute atomic E-state index is 0.0217. The molecule has 4 rings (SSSR count). The molecule has 2 atom stereocenters. The average molecular weight is 470 g/mol. The lowest BCUT2D eigenvalue weighted by atomic mass is 9.72. The van der Waals surface area contributed by atoms with E-state index in [0.717, 1.165) is 0 Å². The van der Waals surface area contributed by atoms with Crippen LogP contribution in [-0.2, 0) is 40.7 Å². The Hall–Kier alpha value is -3.56. The van der Waals surface area contributed by atoms with Crippen LogP contribution < -0.4 is 14.2 Å². The van der Waals surface area contributed by atoms with Gasteiger partial charge in [0, 0.05) is 29.9 Å². The number of fused-ring (bicyclic) bond motifs is 5. The van der Waals surface area contributed by atoms with Crippen LogP contribution >= 0.6 is 0 Å². The average Bonchev–Trinajstić information content (AvgIpc) is 3.39. The summed E-state index contributed by atoms with van der Waals surface area (Å²) in [5.74, 6) is -0.00902. The van der Waals surface area contributed by atoms with Gasteiger partial charge in [-0.2, -0.15) is 0 Å². The number of benzene rings is 2. The molecule has 2 heterocycles. The quantitative estimate of drug-likeness (QED) is 0.539. The lowest BCUT2D eigenvalue weighted by Gasteiger charge is -2.33. The van der Waals surface area contributed by atoms with Gasteiger partial charge < -0.3 is 33.2 Å². The van der Waals surface area contributed by atoms with Crippen LogP contribution in [0.3, 0.4) is 0 Å². The number of ether oxygens (including phenoxy) is 7. The molecule has 0 saturated carbocycles. The van der Waals surface area contributed by atoms with Crippen LogP contribution in [0.2, 0.25) is 0 Å². The fourth-order valence-electron chi connectivity index (χ4n) is 4.90. The Labute approximate surface area is 197 Å². The summed E-state index contributed by atoms with van der Waals surface area (Å²) >= 11 is 0. The molecule has 0 aliphatic carbocycles. The largest absolute Gasteiger partial charge is 0.497 e. The zero-order valence-electron chi connectivity index (χ0n) is 19.8. The van der Waals surface area contributed by atoms with Crippen molar-refractivity contribution in [3.05, 3.63) is 63.7 Å². The van der Waals surface area contributed by atoms with Gasteiger partial charge in [0.05, 0.1) is 53.3 Å². The van der Waals surface area contributed by atoms with E-state index in [2.05, 4.69) is 0 Å². The lowest BCUT2D eigenvalue weighted by Crippen LogP contribution is -2.35. The molecule has 0 radical (unpaired) electrons. The number of rotatable bonds is 8. The molecular weight excluding hydrogens is 444 g/mol. The van der Waals surface area contributed by atoms with Crippen LogP contribution in [0.4, 0.5) is 0 Å². The van der Waals surface area contributed by atoms with Crippen molar-refractivity contribution in [2.75, 3.05) is 42.7 Å². The van der Waals surface area contributed by atoms with Gasteiger partial charge in [-0.25, -0.2) is 9.59 Å². The Balaban J connectivity index is 2.19. The van der Waals surface area contributed by atoms with Gasteiger partial charge >= 0.3 is 11.9 Å². The monoisotopic (exact) mass is 470 g/mol. The number of methoxy groups -OCH3 is 6. The molecular formula is C25H26O9. The van der Waals surface area contributed by atoms with Crippen molar-refractivity contribution in [1.29, 1.82) is 0 Å². The Kier molecular flexibility index (Phi) is 6.24. The fraction of sp³-hybridized carbons (Fsp3) is 0.360. The minimum Gasteiger partial charge on any atom is -0.497 e. The summed E-state index contributed by atoms with van der Waals surface area (Å²) in [6.45, 7) is 0.153. The van der Waals surface area contributed by atoms with Crippen LogP contribution in [0.5, 0.6) is 17.2 Å². The molecule has 0 fully saturated rings. The van der Waals surface area contributed by atoms with Crippen LogP contribution in [-0.4, -0.2) is 54.6 Å². The molecule has 2 aliphatic rings. The highest BCUT2D eigenvalue weighted by atomic mass is 16.6. The van der Waals surface area contributed by atoms with Crippen LogP contribution in [0.1, 0.15) is 28.4 Å². The summed E-state index contributed by atoms with van der Waals surface area (Å²) < 4.78 is 39.0. The van der Waals surface area contributed by atoms with E-state index in [1.54, 1.807) is 31.4 Å². The molecule has 9 heteroatoms. The molecule has 0 amide bonds. The van der Waals surface area contributed by atoms with Crippen molar-refractivity contribution in [1.82, 2.24) is 0 Å². The first-order chi connectivity index (χ1) is 16.4. The smallest absolute Gasteiger partial charge is 0.338 e. The van der Waals surface area contributed by atoms with Crippen LogP contribution in [0, 0.1) is 0 Å². The third-order valence-electron chi connectivity index (χ3n) is 6.17. The van der Waals surface area contributed by atoms with Gasteiger partial charge in [-0.05, 0) is 17.7 Å². The van der Waals surface area contributed by atoms with E-state index in [9.17, 15) is 9.59 Å². The predicted octanol–water partition coefficient (Wildman–Crippen LogP) is 2.83. The van der Waals surface area contributed by atoms with E-state index in [4.69, 9.17) is 33.2 Å². The Morgan fingerprint density at radius 2 is 1.62 bits per heavy atom. The number of hydrogen-bond acceptors (Lipinski definition) is 9. The Morgan fingerprint density at radius 1 is 0.912 bits per heavy atom. The van der Waals surface area contributed by atoms with E-state index >= 15 is 0 Å². The van der Waals surface area contributed by atoms with E-state index in [0.29, 0.717) is 39.5 Å². The zero-order chi connectivity index (χ0) is 24.6.